The molecular formula is C15H18IN2O2+. The minimum atomic E-state index is -0.821. The van der Waals surface area contributed by atoms with Crippen molar-refractivity contribution in [2.45, 2.75) is 32.1 Å². The van der Waals surface area contributed by atoms with E-state index in [4.69, 9.17) is 10.4 Å². The summed E-state index contributed by atoms with van der Waals surface area (Å²) < 4.78 is 1.99. The summed E-state index contributed by atoms with van der Waals surface area (Å²) in [5.41, 5.74) is 2.95. The monoisotopic (exact) mass is 385 g/mol. The van der Waals surface area contributed by atoms with Crippen LogP contribution in [-0.2, 0) is 10.2 Å². The highest BCUT2D eigenvalue weighted by Crippen LogP contribution is 2.40. The van der Waals surface area contributed by atoms with Gasteiger partial charge >= 0.3 is 5.97 Å². The number of carboxylic acid groups (broad SMARTS) is 1. The lowest BCUT2D eigenvalue weighted by Gasteiger charge is -2.15. The van der Waals surface area contributed by atoms with Crippen molar-refractivity contribution in [3.8, 4) is 6.07 Å². The Morgan fingerprint density at radius 1 is 1.40 bits per heavy atom. The van der Waals surface area contributed by atoms with Crippen LogP contribution < -0.4 is 0 Å². The highest BCUT2D eigenvalue weighted by Gasteiger charge is 2.44. The van der Waals surface area contributed by atoms with Crippen LogP contribution in [0.1, 0.15) is 32.3 Å². The van der Waals surface area contributed by atoms with Crippen LogP contribution in [-0.4, -0.2) is 27.9 Å². The minimum Gasteiger partial charge on any atom is -0.481 e. The Bertz CT molecular complexity index is 600. The second-order valence-corrected chi connectivity index (χ2v) is 5.22. The third-order valence-corrected chi connectivity index (χ3v) is 3.71. The highest BCUT2D eigenvalue weighted by atomic mass is 127. The molecule has 0 aliphatic carbocycles. The SMILES string of the molecule is CC1(C)C(CC#N)=[N+](CCC(=O)O)c2ccccc21.I. The number of halogens is 1. The van der Waals surface area contributed by atoms with E-state index in [1.165, 1.54) is 0 Å². The van der Waals surface area contributed by atoms with Crippen molar-refractivity contribution in [3.63, 3.8) is 0 Å². The number of nitrogens with zero attached hydrogens (tertiary/aromatic N) is 2. The van der Waals surface area contributed by atoms with Gasteiger partial charge < -0.3 is 5.11 Å². The molecule has 1 aliphatic rings. The van der Waals surface area contributed by atoms with E-state index >= 15 is 0 Å². The predicted molar refractivity (Wildman–Crippen MR) is 87.2 cm³/mol. The predicted octanol–water partition coefficient (Wildman–Crippen LogP) is 3.07. The molecule has 2 rings (SSSR count). The van der Waals surface area contributed by atoms with Gasteiger partial charge in [0, 0.05) is 11.6 Å². The molecule has 5 heteroatoms. The lowest BCUT2D eigenvalue weighted by atomic mass is 9.80. The van der Waals surface area contributed by atoms with Gasteiger partial charge in [0.1, 0.15) is 12.8 Å². The molecule has 0 atom stereocenters. The highest BCUT2D eigenvalue weighted by molar-refractivity contribution is 14.0. The standard InChI is InChI=1S/C15H16N2O2.HI/c1-15(2)11-5-3-4-6-12(11)17(10-8-14(18)19)13(15)7-9-16;/h3-6H,7-8,10H2,1-2H3;1H/p+1. The summed E-state index contributed by atoms with van der Waals surface area (Å²) >= 11 is 0. The molecule has 0 spiro atoms. The molecule has 0 aromatic heterocycles. The summed E-state index contributed by atoms with van der Waals surface area (Å²) in [5.74, 6) is -0.821. The summed E-state index contributed by atoms with van der Waals surface area (Å²) in [7, 11) is 0. The zero-order valence-corrected chi connectivity index (χ0v) is 13.9. The van der Waals surface area contributed by atoms with Gasteiger partial charge in [-0.3, -0.25) is 4.79 Å². The topological polar surface area (TPSA) is 64.1 Å². The number of hydrogen-bond acceptors (Lipinski definition) is 2. The van der Waals surface area contributed by atoms with Gasteiger partial charge in [-0.05, 0) is 13.8 Å². The normalized spacial score (nSPS) is 15.2. The van der Waals surface area contributed by atoms with Crippen molar-refractivity contribution in [2.24, 2.45) is 0 Å². The molecule has 20 heavy (non-hydrogen) atoms. The molecule has 1 aliphatic heterocycles. The number of benzene rings is 1. The second kappa shape index (κ2) is 6.35. The van der Waals surface area contributed by atoms with Gasteiger partial charge in [0.2, 0.25) is 5.69 Å². The maximum Gasteiger partial charge on any atom is 0.309 e. The van der Waals surface area contributed by atoms with Crippen LogP contribution in [0, 0.1) is 11.3 Å². The molecule has 4 nitrogen and oxygen atoms in total. The molecule has 106 valence electrons. The fourth-order valence-electron chi connectivity index (χ4n) is 2.73. The molecule has 1 aromatic carbocycles. The van der Waals surface area contributed by atoms with E-state index in [-0.39, 0.29) is 35.8 Å². The Morgan fingerprint density at radius 2 is 2.05 bits per heavy atom. The maximum absolute atomic E-state index is 10.8. The molecule has 1 aromatic rings. The summed E-state index contributed by atoms with van der Waals surface area (Å²) in [5, 5.41) is 17.9. The lowest BCUT2D eigenvalue weighted by molar-refractivity contribution is -0.438. The summed E-state index contributed by atoms with van der Waals surface area (Å²) in [4.78, 5) is 10.8. The number of carboxylic acids is 1. The first kappa shape index (κ1) is 16.6. The van der Waals surface area contributed by atoms with Gasteiger partial charge in [0.15, 0.2) is 12.3 Å². The van der Waals surface area contributed by atoms with Crippen LogP contribution in [0.25, 0.3) is 0 Å². The van der Waals surface area contributed by atoms with Crippen molar-refractivity contribution in [1.82, 2.24) is 0 Å². The Balaban J connectivity index is 0.00000200. The smallest absolute Gasteiger partial charge is 0.309 e. The average molecular weight is 385 g/mol. The third kappa shape index (κ3) is 2.85. The lowest BCUT2D eigenvalue weighted by Crippen LogP contribution is -2.29. The van der Waals surface area contributed by atoms with Crippen molar-refractivity contribution in [3.05, 3.63) is 29.8 Å². The van der Waals surface area contributed by atoms with Gasteiger partial charge in [0.05, 0.1) is 11.5 Å². The largest absolute Gasteiger partial charge is 0.481 e. The number of nitriles is 1. The number of fused-ring (bicyclic) bond motifs is 1. The van der Waals surface area contributed by atoms with E-state index in [2.05, 4.69) is 19.9 Å². The summed E-state index contributed by atoms with van der Waals surface area (Å²) in [6.07, 6.45) is 0.390. The fraction of sp³-hybridized carbons (Fsp3) is 0.400. The van der Waals surface area contributed by atoms with E-state index in [0.29, 0.717) is 13.0 Å². The minimum absolute atomic E-state index is 0. The van der Waals surface area contributed by atoms with Crippen molar-refractivity contribution in [1.29, 1.82) is 5.26 Å². The molecule has 1 N–H and O–H groups in total. The third-order valence-electron chi connectivity index (χ3n) is 3.71. The van der Waals surface area contributed by atoms with Gasteiger partial charge in [-0.2, -0.15) is 9.84 Å². The second-order valence-electron chi connectivity index (χ2n) is 5.22. The Morgan fingerprint density at radius 3 is 2.65 bits per heavy atom. The van der Waals surface area contributed by atoms with E-state index in [9.17, 15) is 4.79 Å². The summed E-state index contributed by atoms with van der Waals surface area (Å²) in [6, 6.07) is 10.1. The zero-order valence-electron chi connectivity index (χ0n) is 11.6. The Labute approximate surface area is 135 Å². The van der Waals surface area contributed by atoms with Crippen molar-refractivity contribution in [2.75, 3.05) is 6.54 Å². The number of hydrogen-bond donors (Lipinski definition) is 1. The average Bonchev–Trinajstić information content (AvgIpc) is 2.57. The van der Waals surface area contributed by atoms with Gasteiger partial charge in [-0.15, -0.1) is 24.0 Å². The molecule has 0 saturated carbocycles. The van der Waals surface area contributed by atoms with Crippen LogP contribution in [0.3, 0.4) is 0 Å². The van der Waals surface area contributed by atoms with Gasteiger partial charge in [-0.25, -0.2) is 0 Å². The van der Waals surface area contributed by atoms with Crippen LogP contribution in [0.4, 0.5) is 5.69 Å². The first-order valence-corrected chi connectivity index (χ1v) is 6.30. The van der Waals surface area contributed by atoms with Crippen LogP contribution >= 0.6 is 24.0 Å². The first-order valence-electron chi connectivity index (χ1n) is 6.30. The molecule has 0 saturated heterocycles. The maximum atomic E-state index is 10.8. The quantitative estimate of drug-likeness (QED) is 0.640. The van der Waals surface area contributed by atoms with Crippen molar-refractivity contribution >= 4 is 41.3 Å². The van der Waals surface area contributed by atoms with Crippen LogP contribution in [0.15, 0.2) is 24.3 Å². The summed E-state index contributed by atoms with van der Waals surface area (Å²) in [6.45, 7) is 4.57. The molecular weight excluding hydrogens is 367 g/mol. The van der Waals surface area contributed by atoms with Gasteiger partial charge in [0.25, 0.3) is 0 Å². The van der Waals surface area contributed by atoms with E-state index in [1.54, 1.807) is 0 Å². The molecule has 0 fully saturated rings. The van der Waals surface area contributed by atoms with Crippen molar-refractivity contribution < 1.29 is 14.5 Å². The number of aliphatic carboxylic acids is 1. The number of para-hydroxylation sites is 1. The molecule has 0 radical (unpaired) electrons. The number of rotatable bonds is 4. The molecule has 0 bridgehead atoms. The first-order chi connectivity index (χ1) is 8.98. The van der Waals surface area contributed by atoms with Crippen LogP contribution in [0.5, 0.6) is 0 Å². The number of carbonyl (C=O) groups is 1. The van der Waals surface area contributed by atoms with Gasteiger partial charge in [-0.1, -0.05) is 18.2 Å². The molecule has 0 unspecified atom stereocenters. The van der Waals surface area contributed by atoms with E-state index in [1.807, 2.05) is 28.8 Å². The fourth-order valence-corrected chi connectivity index (χ4v) is 2.73. The molecule has 0 amide bonds. The van der Waals surface area contributed by atoms with E-state index < -0.39 is 5.97 Å². The van der Waals surface area contributed by atoms with Crippen LogP contribution in [0.2, 0.25) is 0 Å². The Hall–Kier alpha value is -1.42. The zero-order chi connectivity index (χ0) is 14.0. The van der Waals surface area contributed by atoms with E-state index in [0.717, 1.165) is 17.0 Å². The molecule has 1 heterocycles. The Kier molecular flexibility index (Phi) is 5.28.